The maximum Gasteiger partial charge on any atom is 0.331 e. The largest absolute Gasteiger partial charge is 0.478 e. The number of rotatable bonds is 2. The first-order valence-electron chi connectivity index (χ1n) is 4.92. The van der Waals surface area contributed by atoms with Gasteiger partial charge in [0.25, 0.3) is 0 Å². The lowest BCUT2D eigenvalue weighted by atomic mass is 9.97. The van der Waals surface area contributed by atoms with Gasteiger partial charge in [-0.1, -0.05) is 12.1 Å². The number of carboxylic acids is 1. The zero-order chi connectivity index (χ0) is 11.6. The summed E-state index contributed by atoms with van der Waals surface area (Å²) < 4.78 is 0. The van der Waals surface area contributed by atoms with Gasteiger partial charge < -0.3 is 5.11 Å². The highest BCUT2D eigenvalue weighted by atomic mass is 16.4. The molecule has 1 aromatic carbocycles. The summed E-state index contributed by atoms with van der Waals surface area (Å²) in [4.78, 5) is 10.7. The Bertz CT molecular complexity index is 428. The molecule has 0 aliphatic heterocycles. The van der Waals surface area contributed by atoms with Crippen molar-refractivity contribution in [2.24, 2.45) is 0 Å². The standard InChI is InChI=1S/C13H16O2/c1-8-5-6-12(11(4)10(8)3)7-9(2)13(14)15/h5-7H,1-4H3,(H,14,15)/b9-7+. The van der Waals surface area contributed by atoms with Crippen molar-refractivity contribution in [2.75, 3.05) is 0 Å². The fraction of sp³-hybridized carbons (Fsp3) is 0.308. The second kappa shape index (κ2) is 4.30. The zero-order valence-corrected chi connectivity index (χ0v) is 9.59. The predicted octanol–water partition coefficient (Wildman–Crippen LogP) is 3.10. The van der Waals surface area contributed by atoms with E-state index in [0.717, 1.165) is 11.1 Å². The summed E-state index contributed by atoms with van der Waals surface area (Å²) in [5, 5.41) is 8.79. The molecule has 1 aromatic rings. The van der Waals surface area contributed by atoms with Gasteiger partial charge in [-0.25, -0.2) is 4.79 Å². The molecule has 80 valence electrons. The Hall–Kier alpha value is -1.57. The first-order valence-corrected chi connectivity index (χ1v) is 4.92. The lowest BCUT2D eigenvalue weighted by Crippen LogP contribution is -1.97. The van der Waals surface area contributed by atoms with Gasteiger partial charge in [0, 0.05) is 5.57 Å². The first-order chi connectivity index (χ1) is 6.93. The molecule has 0 unspecified atom stereocenters. The van der Waals surface area contributed by atoms with Crippen LogP contribution in [0, 0.1) is 20.8 Å². The monoisotopic (exact) mass is 204 g/mol. The second-order valence-electron chi connectivity index (χ2n) is 3.85. The molecular weight excluding hydrogens is 188 g/mol. The van der Waals surface area contributed by atoms with Gasteiger partial charge >= 0.3 is 5.97 Å². The Labute approximate surface area is 90.3 Å². The molecular formula is C13H16O2. The fourth-order valence-corrected chi connectivity index (χ4v) is 1.43. The minimum Gasteiger partial charge on any atom is -0.478 e. The molecule has 0 bridgehead atoms. The SMILES string of the molecule is C/C(=C\c1ccc(C)c(C)c1C)C(=O)O. The number of aryl methyl sites for hydroxylation is 1. The number of carboxylic acid groups (broad SMARTS) is 1. The van der Waals surface area contributed by atoms with Crippen molar-refractivity contribution in [2.45, 2.75) is 27.7 Å². The highest BCUT2D eigenvalue weighted by molar-refractivity contribution is 5.91. The molecule has 0 radical (unpaired) electrons. The summed E-state index contributed by atoms with van der Waals surface area (Å²) in [5.41, 5.74) is 4.95. The van der Waals surface area contributed by atoms with Crippen LogP contribution in [0.4, 0.5) is 0 Å². The van der Waals surface area contributed by atoms with Crippen LogP contribution in [0.3, 0.4) is 0 Å². The van der Waals surface area contributed by atoms with Gasteiger partial charge in [0.05, 0.1) is 0 Å². The van der Waals surface area contributed by atoms with E-state index in [1.165, 1.54) is 11.1 Å². The predicted molar refractivity (Wildman–Crippen MR) is 61.9 cm³/mol. The van der Waals surface area contributed by atoms with Crippen molar-refractivity contribution in [1.82, 2.24) is 0 Å². The molecule has 2 heteroatoms. The lowest BCUT2D eigenvalue weighted by Gasteiger charge is -2.08. The average molecular weight is 204 g/mol. The molecule has 1 N–H and O–H groups in total. The number of hydrogen-bond acceptors (Lipinski definition) is 1. The van der Waals surface area contributed by atoms with Crippen LogP contribution in [0.1, 0.15) is 29.2 Å². The Morgan fingerprint density at radius 3 is 2.33 bits per heavy atom. The summed E-state index contributed by atoms with van der Waals surface area (Å²) in [6.07, 6.45) is 1.71. The summed E-state index contributed by atoms with van der Waals surface area (Å²) >= 11 is 0. The summed E-state index contributed by atoms with van der Waals surface area (Å²) in [6.45, 7) is 7.73. The van der Waals surface area contributed by atoms with E-state index in [1.807, 2.05) is 19.1 Å². The third-order valence-corrected chi connectivity index (χ3v) is 2.81. The van der Waals surface area contributed by atoms with Crippen LogP contribution >= 0.6 is 0 Å². The molecule has 0 saturated carbocycles. The highest BCUT2D eigenvalue weighted by Crippen LogP contribution is 2.19. The van der Waals surface area contributed by atoms with Crippen molar-refractivity contribution in [1.29, 1.82) is 0 Å². The Kier molecular flexibility index (Phi) is 3.30. The van der Waals surface area contributed by atoms with Gasteiger partial charge in [0.1, 0.15) is 0 Å². The van der Waals surface area contributed by atoms with E-state index >= 15 is 0 Å². The molecule has 1 rings (SSSR count). The minimum atomic E-state index is -0.868. The third kappa shape index (κ3) is 2.46. The summed E-state index contributed by atoms with van der Waals surface area (Å²) in [6, 6.07) is 3.98. The van der Waals surface area contributed by atoms with Crippen LogP contribution in [0.15, 0.2) is 17.7 Å². The molecule has 0 saturated heterocycles. The first kappa shape index (κ1) is 11.5. The van der Waals surface area contributed by atoms with E-state index in [0.29, 0.717) is 5.57 Å². The average Bonchev–Trinajstić information content (AvgIpc) is 2.18. The van der Waals surface area contributed by atoms with Crippen LogP contribution in [0.2, 0.25) is 0 Å². The van der Waals surface area contributed by atoms with E-state index < -0.39 is 5.97 Å². The molecule has 0 heterocycles. The molecule has 0 amide bonds. The van der Waals surface area contributed by atoms with Crippen LogP contribution in [-0.4, -0.2) is 11.1 Å². The molecule has 0 aliphatic rings. The summed E-state index contributed by atoms with van der Waals surface area (Å²) in [5.74, 6) is -0.868. The maximum atomic E-state index is 10.7. The van der Waals surface area contributed by atoms with Gasteiger partial charge in [0.2, 0.25) is 0 Å². The van der Waals surface area contributed by atoms with E-state index in [9.17, 15) is 4.79 Å². The minimum absolute atomic E-state index is 0.362. The van der Waals surface area contributed by atoms with E-state index in [4.69, 9.17) is 5.11 Å². The quantitative estimate of drug-likeness (QED) is 0.751. The lowest BCUT2D eigenvalue weighted by molar-refractivity contribution is -0.132. The maximum absolute atomic E-state index is 10.7. The number of hydrogen-bond donors (Lipinski definition) is 1. The molecule has 0 spiro atoms. The van der Waals surface area contributed by atoms with Crippen molar-refractivity contribution < 1.29 is 9.90 Å². The van der Waals surface area contributed by atoms with Crippen LogP contribution in [0.5, 0.6) is 0 Å². The topological polar surface area (TPSA) is 37.3 Å². The smallest absolute Gasteiger partial charge is 0.331 e. The van der Waals surface area contributed by atoms with Gasteiger partial charge in [-0.3, -0.25) is 0 Å². The number of benzene rings is 1. The van der Waals surface area contributed by atoms with Crippen molar-refractivity contribution in [3.8, 4) is 0 Å². The second-order valence-corrected chi connectivity index (χ2v) is 3.85. The van der Waals surface area contributed by atoms with Gasteiger partial charge in [-0.05, 0) is 56.0 Å². The normalized spacial score (nSPS) is 11.6. The highest BCUT2D eigenvalue weighted by Gasteiger charge is 2.04. The van der Waals surface area contributed by atoms with Gasteiger partial charge in [-0.2, -0.15) is 0 Å². The molecule has 2 nitrogen and oxygen atoms in total. The van der Waals surface area contributed by atoms with Crippen molar-refractivity contribution in [3.05, 3.63) is 40.0 Å². The molecule has 15 heavy (non-hydrogen) atoms. The van der Waals surface area contributed by atoms with Crippen LogP contribution in [0.25, 0.3) is 6.08 Å². The molecule has 0 aliphatic carbocycles. The Morgan fingerprint density at radius 1 is 1.20 bits per heavy atom. The molecule has 0 atom stereocenters. The van der Waals surface area contributed by atoms with Gasteiger partial charge in [0.15, 0.2) is 0 Å². The number of aliphatic carboxylic acids is 1. The van der Waals surface area contributed by atoms with E-state index in [2.05, 4.69) is 13.8 Å². The van der Waals surface area contributed by atoms with E-state index in [-0.39, 0.29) is 0 Å². The number of carbonyl (C=O) groups is 1. The van der Waals surface area contributed by atoms with Gasteiger partial charge in [-0.15, -0.1) is 0 Å². The van der Waals surface area contributed by atoms with Crippen LogP contribution in [-0.2, 0) is 4.79 Å². The Morgan fingerprint density at radius 2 is 1.80 bits per heavy atom. The van der Waals surface area contributed by atoms with Crippen molar-refractivity contribution >= 4 is 12.0 Å². The third-order valence-electron chi connectivity index (χ3n) is 2.81. The zero-order valence-electron chi connectivity index (χ0n) is 9.59. The molecule has 0 fully saturated rings. The van der Waals surface area contributed by atoms with Crippen molar-refractivity contribution in [3.63, 3.8) is 0 Å². The fourth-order valence-electron chi connectivity index (χ4n) is 1.43. The summed E-state index contributed by atoms with van der Waals surface area (Å²) in [7, 11) is 0. The van der Waals surface area contributed by atoms with E-state index in [1.54, 1.807) is 13.0 Å². The van der Waals surface area contributed by atoms with Crippen LogP contribution < -0.4 is 0 Å². The molecule has 0 aromatic heterocycles. The Balaban J connectivity index is 3.23.